The highest BCUT2D eigenvalue weighted by Crippen LogP contribution is 2.29. The number of hydrogen-bond acceptors (Lipinski definition) is 3. The summed E-state index contributed by atoms with van der Waals surface area (Å²) in [7, 11) is 2.17. The fourth-order valence-electron chi connectivity index (χ4n) is 2.92. The topological polar surface area (TPSA) is 19.1 Å². The fraction of sp³-hybridized carbons (Fsp3) is 0.400. The minimum absolute atomic E-state index is 1.04. The molecule has 1 aromatic rings. The molecule has 0 aromatic heterocycles. The van der Waals surface area contributed by atoms with Crippen molar-refractivity contribution in [2.24, 2.45) is 0 Å². The Morgan fingerprint density at radius 3 is 2.62 bits per heavy atom. The minimum atomic E-state index is 1.04. The second kappa shape index (κ2) is 7.41. The highest BCUT2D eigenvalue weighted by atomic mass is 32.1. The summed E-state index contributed by atoms with van der Waals surface area (Å²) in [5, 5.41) is 1.26. The molecule has 0 atom stereocenters. The van der Waals surface area contributed by atoms with E-state index in [4.69, 9.17) is 4.98 Å². The van der Waals surface area contributed by atoms with E-state index in [9.17, 15) is 0 Å². The molecule has 0 saturated heterocycles. The van der Waals surface area contributed by atoms with Crippen molar-refractivity contribution >= 4 is 21.6 Å². The third kappa shape index (κ3) is 3.65. The summed E-state index contributed by atoms with van der Waals surface area (Å²) >= 11 is 1.83. The molecule has 0 radical (unpaired) electrons. The Morgan fingerprint density at radius 2 is 1.88 bits per heavy atom. The van der Waals surface area contributed by atoms with Gasteiger partial charge >= 0.3 is 0 Å². The number of benzene rings is 2. The molecule has 0 unspecified atom stereocenters. The van der Waals surface area contributed by atoms with Crippen molar-refractivity contribution in [3.8, 4) is 10.6 Å². The summed E-state index contributed by atoms with van der Waals surface area (Å²) in [6, 6.07) is 13.1. The Balaban J connectivity index is 1.99. The van der Waals surface area contributed by atoms with Gasteiger partial charge in [0.15, 0.2) is 6.54 Å². The Labute approximate surface area is 148 Å². The molecule has 0 bridgehead atoms. The van der Waals surface area contributed by atoms with Crippen molar-refractivity contribution in [1.29, 1.82) is 0 Å². The fourth-order valence-corrected chi connectivity index (χ4v) is 4.02. The molecule has 0 saturated carbocycles. The van der Waals surface area contributed by atoms with Gasteiger partial charge in [-0.15, -0.1) is 11.3 Å². The molecular formula is C20H26N3S+. The summed E-state index contributed by atoms with van der Waals surface area (Å²) in [5.41, 5.74) is 3.45. The number of likely N-dealkylation sites (N-methyl/N-ethyl adjacent to an activating group) is 2. The van der Waals surface area contributed by atoms with Crippen LogP contribution in [0, 0.1) is 6.92 Å². The SMILES string of the molecule is CCN(CC)CC[N+](C)=c1ccc2nc3ccc(C)cc3sc-2c1. The van der Waals surface area contributed by atoms with Crippen LogP contribution in [0.5, 0.6) is 0 Å². The van der Waals surface area contributed by atoms with Crippen LogP contribution in [0.2, 0.25) is 0 Å². The summed E-state index contributed by atoms with van der Waals surface area (Å²) in [6.07, 6.45) is 0. The molecule has 2 aliphatic rings. The summed E-state index contributed by atoms with van der Waals surface area (Å²) in [4.78, 5) is 8.51. The van der Waals surface area contributed by atoms with Gasteiger partial charge in [-0.05, 0) is 43.8 Å². The standard InChI is InChI=1S/C20H26N3S/c1-5-23(6-2)12-11-22(4)16-8-10-18-20(14-16)24-19-13-15(3)7-9-17(19)21-18/h7-10,13-14H,5-6,11-12H2,1-4H3/q+1. The molecule has 0 N–H and O–H groups in total. The molecule has 3 rings (SSSR count). The van der Waals surface area contributed by atoms with E-state index in [1.165, 1.54) is 20.5 Å². The minimum Gasteiger partial charge on any atom is -0.298 e. The van der Waals surface area contributed by atoms with E-state index >= 15 is 0 Å². The van der Waals surface area contributed by atoms with Crippen LogP contribution in [0.1, 0.15) is 19.4 Å². The van der Waals surface area contributed by atoms with Gasteiger partial charge in [0, 0.05) is 12.1 Å². The molecule has 4 heteroatoms. The van der Waals surface area contributed by atoms with Crippen LogP contribution in [0.3, 0.4) is 0 Å². The van der Waals surface area contributed by atoms with Crippen molar-refractivity contribution in [2.45, 2.75) is 20.8 Å². The van der Waals surface area contributed by atoms with Gasteiger partial charge in [0.2, 0.25) is 5.36 Å². The van der Waals surface area contributed by atoms with Crippen LogP contribution in [-0.4, -0.2) is 43.1 Å². The second-order valence-electron chi connectivity index (χ2n) is 6.29. The lowest BCUT2D eigenvalue weighted by Gasteiger charge is -2.15. The van der Waals surface area contributed by atoms with Crippen LogP contribution in [0.4, 0.5) is 0 Å². The van der Waals surface area contributed by atoms with Crippen molar-refractivity contribution in [2.75, 3.05) is 33.2 Å². The first-order valence-corrected chi connectivity index (χ1v) is 9.50. The van der Waals surface area contributed by atoms with E-state index in [-0.39, 0.29) is 0 Å². The van der Waals surface area contributed by atoms with Crippen molar-refractivity contribution in [1.82, 2.24) is 14.5 Å². The zero-order valence-electron chi connectivity index (χ0n) is 15.0. The third-order valence-electron chi connectivity index (χ3n) is 4.61. The Kier molecular flexibility index (Phi) is 5.27. The van der Waals surface area contributed by atoms with Crippen LogP contribution in [0.25, 0.3) is 20.8 Å². The predicted octanol–water partition coefficient (Wildman–Crippen LogP) is 3.45. The predicted molar refractivity (Wildman–Crippen MR) is 105 cm³/mol. The molecule has 1 aliphatic heterocycles. The van der Waals surface area contributed by atoms with Crippen LogP contribution < -0.4 is 9.93 Å². The molecule has 3 nitrogen and oxygen atoms in total. The van der Waals surface area contributed by atoms with Gasteiger partial charge in [-0.25, -0.2) is 9.56 Å². The number of hydrogen-bond donors (Lipinski definition) is 0. The summed E-state index contributed by atoms with van der Waals surface area (Å²) in [6.45, 7) is 10.9. The van der Waals surface area contributed by atoms with E-state index in [2.05, 4.69) is 73.7 Å². The molecule has 1 heterocycles. The van der Waals surface area contributed by atoms with Crippen LogP contribution >= 0.6 is 11.3 Å². The molecule has 24 heavy (non-hydrogen) atoms. The van der Waals surface area contributed by atoms with E-state index in [1.807, 2.05) is 11.3 Å². The van der Waals surface area contributed by atoms with Crippen molar-refractivity contribution in [3.05, 3.63) is 47.3 Å². The average Bonchev–Trinajstić information content (AvgIpc) is 2.60. The Hall–Kier alpha value is -1.78. The van der Waals surface area contributed by atoms with Gasteiger partial charge in [0.05, 0.1) is 27.3 Å². The zero-order chi connectivity index (χ0) is 17.1. The number of aryl methyl sites for hydroxylation is 1. The molecule has 0 fully saturated rings. The number of aromatic nitrogens is 1. The smallest absolute Gasteiger partial charge is 0.201 e. The van der Waals surface area contributed by atoms with E-state index in [0.717, 1.165) is 37.4 Å². The summed E-state index contributed by atoms with van der Waals surface area (Å²) < 4.78 is 3.59. The van der Waals surface area contributed by atoms with Crippen molar-refractivity contribution in [3.63, 3.8) is 0 Å². The Morgan fingerprint density at radius 1 is 1.08 bits per heavy atom. The lowest BCUT2D eigenvalue weighted by atomic mass is 10.2. The number of nitrogens with zero attached hydrogens (tertiary/aromatic N) is 3. The van der Waals surface area contributed by atoms with Gasteiger partial charge < -0.3 is 0 Å². The van der Waals surface area contributed by atoms with Gasteiger partial charge in [0.25, 0.3) is 0 Å². The van der Waals surface area contributed by atoms with E-state index < -0.39 is 0 Å². The van der Waals surface area contributed by atoms with Gasteiger partial charge in [-0.1, -0.05) is 19.9 Å². The highest BCUT2D eigenvalue weighted by molar-refractivity contribution is 7.21. The quantitative estimate of drug-likeness (QED) is 0.523. The normalized spacial score (nSPS) is 13.0. The largest absolute Gasteiger partial charge is 0.298 e. The highest BCUT2D eigenvalue weighted by Gasteiger charge is 2.10. The van der Waals surface area contributed by atoms with Gasteiger partial charge in [-0.2, -0.15) is 0 Å². The third-order valence-corrected chi connectivity index (χ3v) is 5.70. The van der Waals surface area contributed by atoms with Gasteiger partial charge in [-0.3, -0.25) is 4.90 Å². The first-order chi connectivity index (χ1) is 11.6. The van der Waals surface area contributed by atoms with Crippen molar-refractivity contribution < 1.29 is 0 Å². The summed E-state index contributed by atoms with van der Waals surface area (Å²) in [5.74, 6) is 0. The molecular weight excluding hydrogens is 314 g/mol. The lowest BCUT2D eigenvalue weighted by Crippen LogP contribution is -2.35. The molecule has 1 aromatic carbocycles. The monoisotopic (exact) mass is 340 g/mol. The molecule has 0 spiro atoms. The maximum atomic E-state index is 4.80. The van der Waals surface area contributed by atoms with Crippen LogP contribution in [-0.2, 0) is 0 Å². The van der Waals surface area contributed by atoms with Crippen LogP contribution in [0.15, 0.2) is 36.4 Å². The lowest BCUT2D eigenvalue weighted by molar-refractivity contribution is 0.299. The van der Waals surface area contributed by atoms with Gasteiger partial charge in [0.1, 0.15) is 7.05 Å². The number of fused-ring (bicyclic) bond motifs is 2. The average molecular weight is 341 g/mol. The zero-order valence-corrected chi connectivity index (χ0v) is 15.9. The first kappa shape index (κ1) is 17.1. The molecule has 126 valence electrons. The maximum absolute atomic E-state index is 4.80. The Bertz CT molecular complexity index is 878. The molecule has 1 aliphatic carbocycles. The molecule has 0 amide bonds. The van der Waals surface area contributed by atoms with E-state index in [0.29, 0.717) is 0 Å². The second-order valence-corrected chi connectivity index (χ2v) is 7.37. The maximum Gasteiger partial charge on any atom is 0.201 e. The van der Waals surface area contributed by atoms with E-state index in [1.54, 1.807) is 0 Å². The number of rotatable bonds is 5. The first-order valence-electron chi connectivity index (χ1n) is 8.68.